The molecule has 6 heteroatoms. The van der Waals surface area contributed by atoms with E-state index in [1.807, 2.05) is 0 Å². The standard InChI is InChI=1S/C17H31N5O/c1-6-18-16(20-9-13-7-8-22(5)12-13)21-11-15-19-10-14(23-15)17(2,3)4/h10,13H,6-9,11-12H2,1-5H3,(H2,18,20,21). The van der Waals surface area contributed by atoms with Crippen molar-refractivity contribution in [3.63, 3.8) is 0 Å². The Morgan fingerprint density at radius 2 is 2.22 bits per heavy atom. The predicted octanol–water partition coefficient (Wildman–Crippen LogP) is 1.98. The van der Waals surface area contributed by atoms with Gasteiger partial charge in [-0.1, -0.05) is 20.8 Å². The summed E-state index contributed by atoms with van der Waals surface area (Å²) in [5, 5.41) is 6.71. The Labute approximate surface area is 139 Å². The molecule has 1 atom stereocenters. The molecule has 130 valence electrons. The van der Waals surface area contributed by atoms with Crippen molar-refractivity contribution in [2.75, 3.05) is 33.2 Å². The van der Waals surface area contributed by atoms with Crippen molar-refractivity contribution in [1.29, 1.82) is 0 Å². The van der Waals surface area contributed by atoms with E-state index in [4.69, 9.17) is 4.42 Å². The lowest BCUT2D eigenvalue weighted by Crippen LogP contribution is -2.40. The third-order valence-electron chi connectivity index (χ3n) is 4.06. The summed E-state index contributed by atoms with van der Waals surface area (Å²) in [6.45, 7) is 13.0. The highest BCUT2D eigenvalue weighted by molar-refractivity contribution is 5.79. The van der Waals surface area contributed by atoms with Gasteiger partial charge < -0.3 is 20.0 Å². The maximum absolute atomic E-state index is 5.79. The molecule has 2 N–H and O–H groups in total. The molecule has 0 aromatic carbocycles. The van der Waals surface area contributed by atoms with E-state index in [1.165, 1.54) is 13.0 Å². The topological polar surface area (TPSA) is 65.7 Å². The van der Waals surface area contributed by atoms with E-state index < -0.39 is 0 Å². The number of nitrogens with zero attached hydrogens (tertiary/aromatic N) is 3. The van der Waals surface area contributed by atoms with Gasteiger partial charge >= 0.3 is 0 Å². The SMILES string of the molecule is CCNC(=NCc1ncc(C(C)(C)C)o1)NCC1CCN(C)C1. The molecule has 0 bridgehead atoms. The van der Waals surface area contributed by atoms with Gasteiger partial charge in [-0.2, -0.15) is 0 Å². The molecule has 1 saturated heterocycles. The van der Waals surface area contributed by atoms with Gasteiger partial charge in [-0.25, -0.2) is 9.98 Å². The van der Waals surface area contributed by atoms with Crippen molar-refractivity contribution < 1.29 is 4.42 Å². The highest BCUT2D eigenvalue weighted by atomic mass is 16.4. The van der Waals surface area contributed by atoms with E-state index in [1.54, 1.807) is 6.20 Å². The van der Waals surface area contributed by atoms with Crippen LogP contribution in [0.1, 0.15) is 45.8 Å². The number of hydrogen-bond donors (Lipinski definition) is 2. The molecule has 0 aliphatic carbocycles. The Bertz CT molecular complexity index is 517. The summed E-state index contributed by atoms with van der Waals surface area (Å²) in [4.78, 5) is 11.3. The van der Waals surface area contributed by atoms with Crippen molar-refractivity contribution in [2.45, 2.75) is 46.1 Å². The van der Waals surface area contributed by atoms with Crippen LogP contribution >= 0.6 is 0 Å². The van der Waals surface area contributed by atoms with E-state index in [0.29, 0.717) is 18.4 Å². The van der Waals surface area contributed by atoms with Crippen LogP contribution in [-0.4, -0.2) is 49.1 Å². The number of guanidine groups is 1. The summed E-state index contributed by atoms with van der Waals surface area (Å²) in [5.74, 6) is 3.08. The molecule has 2 rings (SSSR count). The summed E-state index contributed by atoms with van der Waals surface area (Å²) in [6.07, 6.45) is 3.05. The summed E-state index contributed by atoms with van der Waals surface area (Å²) in [7, 11) is 2.18. The Hall–Kier alpha value is -1.56. The van der Waals surface area contributed by atoms with Crippen LogP contribution in [0.4, 0.5) is 0 Å². The van der Waals surface area contributed by atoms with Gasteiger partial charge in [0.2, 0.25) is 5.89 Å². The summed E-state index contributed by atoms with van der Waals surface area (Å²) in [6, 6.07) is 0. The highest BCUT2D eigenvalue weighted by Crippen LogP contribution is 2.22. The molecule has 1 fully saturated rings. The third kappa shape index (κ3) is 5.53. The van der Waals surface area contributed by atoms with Crippen molar-refractivity contribution in [2.24, 2.45) is 10.9 Å². The van der Waals surface area contributed by atoms with Crippen LogP contribution in [0, 0.1) is 5.92 Å². The first-order valence-corrected chi connectivity index (χ1v) is 8.54. The number of hydrogen-bond acceptors (Lipinski definition) is 4. The molecule has 23 heavy (non-hydrogen) atoms. The van der Waals surface area contributed by atoms with Crippen LogP contribution in [0.25, 0.3) is 0 Å². The molecule has 0 saturated carbocycles. The lowest BCUT2D eigenvalue weighted by atomic mass is 9.94. The fourth-order valence-corrected chi connectivity index (χ4v) is 2.65. The maximum Gasteiger partial charge on any atom is 0.216 e. The van der Waals surface area contributed by atoms with E-state index in [0.717, 1.165) is 31.4 Å². The number of aromatic nitrogens is 1. The zero-order valence-electron chi connectivity index (χ0n) is 15.1. The zero-order chi connectivity index (χ0) is 16.9. The number of aliphatic imine (C=N–C) groups is 1. The zero-order valence-corrected chi connectivity index (χ0v) is 15.1. The van der Waals surface area contributed by atoms with Gasteiger partial charge in [0.25, 0.3) is 0 Å². The average molecular weight is 321 g/mol. The summed E-state index contributed by atoms with van der Waals surface area (Å²) in [5.41, 5.74) is -0.0216. The molecular weight excluding hydrogens is 290 g/mol. The lowest BCUT2D eigenvalue weighted by Gasteiger charge is -2.15. The third-order valence-corrected chi connectivity index (χ3v) is 4.06. The molecule has 1 unspecified atom stereocenters. The number of likely N-dealkylation sites (tertiary alicyclic amines) is 1. The molecule has 1 aliphatic rings. The fourth-order valence-electron chi connectivity index (χ4n) is 2.65. The van der Waals surface area contributed by atoms with Crippen molar-refractivity contribution >= 4 is 5.96 Å². The van der Waals surface area contributed by atoms with Gasteiger partial charge in [-0.3, -0.25) is 0 Å². The van der Waals surface area contributed by atoms with E-state index >= 15 is 0 Å². The van der Waals surface area contributed by atoms with Crippen molar-refractivity contribution in [3.05, 3.63) is 17.8 Å². The monoisotopic (exact) mass is 321 g/mol. The quantitative estimate of drug-likeness (QED) is 0.641. The Balaban J connectivity index is 1.89. The maximum atomic E-state index is 5.79. The molecular formula is C17H31N5O. The highest BCUT2D eigenvalue weighted by Gasteiger charge is 2.20. The van der Waals surface area contributed by atoms with Crippen LogP contribution in [0.15, 0.2) is 15.6 Å². The van der Waals surface area contributed by atoms with Crippen LogP contribution in [0.5, 0.6) is 0 Å². The Morgan fingerprint density at radius 3 is 2.78 bits per heavy atom. The van der Waals surface area contributed by atoms with Crippen molar-refractivity contribution in [3.8, 4) is 0 Å². The normalized spacial score (nSPS) is 20.0. The second-order valence-electron chi connectivity index (χ2n) is 7.36. The molecule has 2 heterocycles. The average Bonchev–Trinajstić information content (AvgIpc) is 3.10. The van der Waals surface area contributed by atoms with Crippen molar-refractivity contribution in [1.82, 2.24) is 20.5 Å². The van der Waals surface area contributed by atoms with Crippen LogP contribution < -0.4 is 10.6 Å². The predicted molar refractivity (Wildman–Crippen MR) is 93.6 cm³/mol. The van der Waals surface area contributed by atoms with Crippen LogP contribution in [0.3, 0.4) is 0 Å². The molecule has 0 amide bonds. The van der Waals surface area contributed by atoms with Crippen LogP contribution in [0.2, 0.25) is 0 Å². The first-order valence-electron chi connectivity index (χ1n) is 8.54. The van der Waals surface area contributed by atoms with Gasteiger partial charge in [-0.05, 0) is 32.9 Å². The van der Waals surface area contributed by atoms with Gasteiger partial charge in [-0.15, -0.1) is 0 Å². The second-order valence-corrected chi connectivity index (χ2v) is 7.36. The van der Waals surface area contributed by atoms with Gasteiger partial charge in [0, 0.05) is 25.0 Å². The van der Waals surface area contributed by atoms with E-state index in [9.17, 15) is 0 Å². The lowest BCUT2D eigenvalue weighted by molar-refractivity contribution is 0.383. The largest absolute Gasteiger partial charge is 0.443 e. The molecule has 0 spiro atoms. The number of oxazole rings is 1. The molecule has 0 radical (unpaired) electrons. The summed E-state index contributed by atoms with van der Waals surface area (Å²) >= 11 is 0. The molecule has 1 aromatic heterocycles. The van der Waals surface area contributed by atoms with Gasteiger partial charge in [0.1, 0.15) is 12.3 Å². The van der Waals surface area contributed by atoms with Gasteiger partial charge in [0.15, 0.2) is 5.96 Å². The Kier molecular flexibility index (Phi) is 6.04. The van der Waals surface area contributed by atoms with Crippen LogP contribution in [-0.2, 0) is 12.0 Å². The second kappa shape index (κ2) is 7.81. The number of nitrogens with one attached hydrogen (secondary N) is 2. The first-order chi connectivity index (χ1) is 10.9. The minimum atomic E-state index is -0.0216. The summed E-state index contributed by atoms with van der Waals surface area (Å²) < 4.78 is 5.79. The minimum absolute atomic E-state index is 0.0216. The Morgan fingerprint density at radius 1 is 1.43 bits per heavy atom. The number of rotatable bonds is 5. The van der Waals surface area contributed by atoms with Gasteiger partial charge in [0.05, 0.1) is 6.20 Å². The van der Waals surface area contributed by atoms with E-state index in [2.05, 4.69) is 60.3 Å². The first kappa shape index (κ1) is 17.8. The minimum Gasteiger partial charge on any atom is -0.443 e. The molecule has 1 aliphatic heterocycles. The molecule has 6 nitrogen and oxygen atoms in total. The molecule has 1 aromatic rings. The smallest absolute Gasteiger partial charge is 0.216 e. The fraction of sp³-hybridized carbons (Fsp3) is 0.765. The van der Waals surface area contributed by atoms with E-state index in [-0.39, 0.29) is 5.41 Å².